The molecule has 0 spiro atoms. The molecular formula is C54H97NO8. The average Bonchev–Trinajstić information content (AvgIpc) is 3.28. The first-order valence-electron chi connectivity index (χ1n) is 26.0. The average molecular weight is 888 g/mol. The van der Waals surface area contributed by atoms with Crippen molar-refractivity contribution in [1.82, 2.24) is 5.32 Å². The van der Waals surface area contributed by atoms with Crippen molar-refractivity contribution in [2.75, 3.05) is 13.2 Å². The second kappa shape index (κ2) is 43.8. The van der Waals surface area contributed by atoms with Crippen molar-refractivity contribution < 1.29 is 39.8 Å². The number of hydrogen-bond acceptors (Lipinski definition) is 8. The normalized spacial score (nSPS) is 20.7. The fourth-order valence-corrected chi connectivity index (χ4v) is 7.86. The van der Waals surface area contributed by atoms with Crippen LogP contribution in [-0.4, -0.2) is 87.5 Å². The van der Waals surface area contributed by atoms with E-state index >= 15 is 0 Å². The minimum Gasteiger partial charge on any atom is -0.394 e. The highest BCUT2D eigenvalue weighted by Gasteiger charge is 2.44. The van der Waals surface area contributed by atoms with Crippen molar-refractivity contribution in [3.8, 4) is 0 Å². The highest BCUT2D eigenvalue weighted by Crippen LogP contribution is 2.22. The Hall–Kier alpha value is -2.11. The molecule has 6 N–H and O–H groups in total. The van der Waals surface area contributed by atoms with Crippen LogP contribution >= 0.6 is 0 Å². The molecule has 63 heavy (non-hydrogen) atoms. The van der Waals surface area contributed by atoms with Crippen molar-refractivity contribution >= 4 is 5.91 Å². The third-order valence-corrected chi connectivity index (χ3v) is 12.0. The summed E-state index contributed by atoms with van der Waals surface area (Å²) in [6, 6.07) is -0.834. The molecule has 0 saturated carbocycles. The Bertz CT molecular complexity index is 1170. The largest absolute Gasteiger partial charge is 0.394 e. The van der Waals surface area contributed by atoms with Crippen LogP contribution < -0.4 is 5.32 Å². The van der Waals surface area contributed by atoms with Crippen LogP contribution in [0.5, 0.6) is 0 Å². The van der Waals surface area contributed by atoms with Crippen LogP contribution in [0.15, 0.2) is 60.8 Å². The molecule has 1 aliphatic rings. The Labute approximate surface area is 386 Å². The van der Waals surface area contributed by atoms with E-state index in [0.29, 0.717) is 6.42 Å². The van der Waals surface area contributed by atoms with Gasteiger partial charge in [-0.25, -0.2) is 0 Å². The van der Waals surface area contributed by atoms with Gasteiger partial charge in [-0.3, -0.25) is 4.79 Å². The lowest BCUT2D eigenvalue weighted by atomic mass is 9.99. The van der Waals surface area contributed by atoms with Crippen LogP contribution in [-0.2, 0) is 14.3 Å². The molecule has 0 aliphatic carbocycles. The monoisotopic (exact) mass is 888 g/mol. The number of amides is 1. The summed E-state index contributed by atoms with van der Waals surface area (Å²) in [6.45, 7) is 3.74. The van der Waals surface area contributed by atoms with Gasteiger partial charge in [0.1, 0.15) is 24.4 Å². The third-order valence-electron chi connectivity index (χ3n) is 12.0. The maximum absolute atomic E-state index is 13.0. The van der Waals surface area contributed by atoms with E-state index in [1.54, 1.807) is 6.08 Å². The van der Waals surface area contributed by atoms with Crippen molar-refractivity contribution in [3.63, 3.8) is 0 Å². The second-order valence-electron chi connectivity index (χ2n) is 17.9. The lowest BCUT2D eigenvalue weighted by molar-refractivity contribution is -0.302. The van der Waals surface area contributed by atoms with E-state index in [2.05, 4.69) is 67.8 Å². The molecule has 1 amide bonds. The van der Waals surface area contributed by atoms with Crippen molar-refractivity contribution in [2.45, 2.75) is 262 Å². The molecule has 0 aromatic rings. The van der Waals surface area contributed by atoms with Gasteiger partial charge < -0.3 is 40.3 Å². The van der Waals surface area contributed by atoms with Crippen molar-refractivity contribution in [2.24, 2.45) is 0 Å². The van der Waals surface area contributed by atoms with Gasteiger partial charge in [-0.05, 0) is 77.0 Å². The molecule has 9 nitrogen and oxygen atoms in total. The molecule has 1 heterocycles. The Balaban J connectivity index is 2.34. The van der Waals surface area contributed by atoms with Crippen LogP contribution in [0.25, 0.3) is 0 Å². The van der Waals surface area contributed by atoms with Gasteiger partial charge in [0, 0.05) is 6.42 Å². The summed E-state index contributed by atoms with van der Waals surface area (Å²) >= 11 is 0. The highest BCUT2D eigenvalue weighted by molar-refractivity contribution is 5.76. The predicted octanol–water partition coefficient (Wildman–Crippen LogP) is 12.0. The van der Waals surface area contributed by atoms with Crippen molar-refractivity contribution in [1.29, 1.82) is 0 Å². The summed E-state index contributed by atoms with van der Waals surface area (Å²) in [6.07, 6.45) is 51.3. The van der Waals surface area contributed by atoms with Gasteiger partial charge in [0.15, 0.2) is 6.29 Å². The number of aliphatic hydroxyl groups is 5. The number of allylic oxidation sites excluding steroid dienone is 9. The molecule has 7 atom stereocenters. The molecule has 7 unspecified atom stereocenters. The van der Waals surface area contributed by atoms with Crippen LogP contribution in [0.1, 0.15) is 219 Å². The number of aliphatic hydroxyl groups excluding tert-OH is 5. The molecule has 1 fully saturated rings. The van der Waals surface area contributed by atoms with Gasteiger partial charge in [-0.1, -0.05) is 197 Å². The fourth-order valence-electron chi connectivity index (χ4n) is 7.86. The Morgan fingerprint density at radius 2 is 0.952 bits per heavy atom. The second-order valence-corrected chi connectivity index (χ2v) is 17.9. The molecular weight excluding hydrogens is 791 g/mol. The zero-order valence-corrected chi connectivity index (χ0v) is 40.3. The smallest absolute Gasteiger partial charge is 0.220 e. The van der Waals surface area contributed by atoms with Gasteiger partial charge in [0.25, 0.3) is 0 Å². The first-order chi connectivity index (χ1) is 30.8. The first kappa shape index (κ1) is 58.9. The van der Waals surface area contributed by atoms with E-state index < -0.39 is 49.5 Å². The SMILES string of the molecule is CCCCCC/C=C\C/C=C\CCCCCCCCCC(=O)NC(COC1OC(CO)C(O)C(O)C1O)C(O)/C=C/CC/C=C/CC/C=C/CCCCCCCCCCCCCC. The van der Waals surface area contributed by atoms with Gasteiger partial charge in [0.05, 0.1) is 25.4 Å². The first-order valence-corrected chi connectivity index (χ1v) is 26.0. The number of carbonyl (C=O) groups is 1. The number of nitrogens with one attached hydrogen (secondary N) is 1. The van der Waals surface area contributed by atoms with E-state index in [1.165, 1.54) is 135 Å². The minimum atomic E-state index is -1.58. The maximum atomic E-state index is 13.0. The molecule has 1 aliphatic heterocycles. The van der Waals surface area contributed by atoms with E-state index in [4.69, 9.17) is 9.47 Å². The van der Waals surface area contributed by atoms with Crippen LogP contribution in [0.2, 0.25) is 0 Å². The van der Waals surface area contributed by atoms with E-state index in [0.717, 1.165) is 64.2 Å². The summed E-state index contributed by atoms with van der Waals surface area (Å²) in [5.41, 5.74) is 0. The maximum Gasteiger partial charge on any atom is 0.220 e. The van der Waals surface area contributed by atoms with Gasteiger partial charge in [-0.2, -0.15) is 0 Å². The van der Waals surface area contributed by atoms with Gasteiger partial charge >= 0.3 is 0 Å². The standard InChI is InChI=1S/C54H97NO8/c1-3-5-7-9-11-13-15-17-19-21-23-24-25-26-27-29-31-33-35-37-39-41-43-48(57)47(46-62-54-53(61)52(60)51(59)49(45-56)63-54)55-50(58)44-42-40-38-36-34-32-30-28-22-20-18-16-14-12-10-8-6-4-2/h14,16,20,22,26-27,33,35,41,43,47-49,51-54,56-57,59-61H,3-13,15,17-19,21,23-25,28-32,34,36-40,42,44-46H2,1-2H3,(H,55,58)/b16-14-,22-20-,27-26+,35-33+,43-41+. The fraction of sp³-hybridized carbons (Fsp3) is 0.796. The third kappa shape index (κ3) is 33.9. The number of hydrogen-bond donors (Lipinski definition) is 6. The summed E-state index contributed by atoms with van der Waals surface area (Å²) in [5.74, 6) is -0.200. The summed E-state index contributed by atoms with van der Waals surface area (Å²) in [7, 11) is 0. The minimum absolute atomic E-state index is 0.200. The van der Waals surface area contributed by atoms with Crippen molar-refractivity contribution in [3.05, 3.63) is 60.8 Å². The Morgan fingerprint density at radius 1 is 0.540 bits per heavy atom. The molecule has 0 aromatic heterocycles. The van der Waals surface area contributed by atoms with Gasteiger partial charge in [-0.15, -0.1) is 0 Å². The predicted molar refractivity (Wildman–Crippen MR) is 262 cm³/mol. The highest BCUT2D eigenvalue weighted by atomic mass is 16.7. The molecule has 366 valence electrons. The van der Waals surface area contributed by atoms with E-state index in [1.807, 2.05) is 6.08 Å². The van der Waals surface area contributed by atoms with Crippen LogP contribution in [0.3, 0.4) is 0 Å². The summed E-state index contributed by atoms with van der Waals surface area (Å²) < 4.78 is 11.2. The van der Waals surface area contributed by atoms with Gasteiger partial charge in [0.2, 0.25) is 5.91 Å². The molecule has 1 rings (SSSR count). The summed E-state index contributed by atoms with van der Waals surface area (Å²) in [4.78, 5) is 13.0. The molecule has 0 aromatic carbocycles. The quantitative estimate of drug-likeness (QED) is 0.0262. The Morgan fingerprint density at radius 3 is 1.44 bits per heavy atom. The zero-order chi connectivity index (χ0) is 45.9. The lowest BCUT2D eigenvalue weighted by Crippen LogP contribution is -2.60. The Kier molecular flexibility index (Phi) is 40.9. The molecule has 0 bridgehead atoms. The number of carbonyl (C=O) groups excluding carboxylic acids is 1. The number of ether oxygens (including phenoxy) is 2. The van der Waals surface area contributed by atoms with E-state index in [9.17, 15) is 30.3 Å². The molecule has 9 heteroatoms. The number of unbranched alkanes of at least 4 members (excludes halogenated alkanes) is 25. The van der Waals surface area contributed by atoms with E-state index in [-0.39, 0.29) is 12.5 Å². The lowest BCUT2D eigenvalue weighted by Gasteiger charge is -2.40. The van der Waals surface area contributed by atoms with Crippen LogP contribution in [0.4, 0.5) is 0 Å². The topological polar surface area (TPSA) is 149 Å². The number of rotatable bonds is 43. The molecule has 0 radical (unpaired) electrons. The molecule has 1 saturated heterocycles. The zero-order valence-electron chi connectivity index (χ0n) is 40.3. The summed E-state index contributed by atoms with van der Waals surface area (Å²) in [5, 5.41) is 54.3. The van der Waals surface area contributed by atoms with Crippen LogP contribution in [0, 0.1) is 0 Å².